The van der Waals surface area contributed by atoms with Crippen molar-refractivity contribution >= 4 is 23.3 Å². The van der Waals surface area contributed by atoms with Gasteiger partial charge in [0, 0.05) is 29.7 Å². The van der Waals surface area contributed by atoms with E-state index < -0.39 is 0 Å². The molecule has 16 heavy (non-hydrogen) atoms. The number of rotatable bonds is 4. The number of nitrogens with one attached hydrogen (secondary N) is 1. The van der Waals surface area contributed by atoms with Gasteiger partial charge in [0.2, 0.25) is 0 Å². The molecule has 0 saturated carbocycles. The highest BCUT2D eigenvalue weighted by molar-refractivity contribution is 5.85. The van der Waals surface area contributed by atoms with Crippen molar-refractivity contribution in [2.45, 2.75) is 18.9 Å². The Kier molecular flexibility index (Phi) is 4.80. The van der Waals surface area contributed by atoms with E-state index >= 15 is 0 Å². The Hall–Kier alpha value is -1.03. The highest BCUT2D eigenvalue weighted by Crippen LogP contribution is 2.24. The lowest BCUT2D eigenvalue weighted by molar-refractivity contribution is 0.280. The van der Waals surface area contributed by atoms with Crippen LogP contribution in [-0.2, 0) is 0 Å². The van der Waals surface area contributed by atoms with E-state index in [4.69, 9.17) is 10.8 Å². The van der Waals surface area contributed by atoms with Crippen LogP contribution in [0.5, 0.6) is 0 Å². The van der Waals surface area contributed by atoms with Crippen molar-refractivity contribution in [2.75, 3.05) is 6.61 Å². The topological polar surface area (TPSA) is 62.0 Å². The summed E-state index contributed by atoms with van der Waals surface area (Å²) in [5, 5.41) is 9.96. The molecule has 4 heteroatoms. The van der Waals surface area contributed by atoms with Crippen LogP contribution in [0.2, 0.25) is 0 Å². The molecule has 0 saturated heterocycles. The second kappa shape index (κ2) is 5.89. The zero-order chi connectivity index (χ0) is 10.7. The summed E-state index contributed by atoms with van der Waals surface area (Å²) in [6.45, 7) is 0.205. The van der Waals surface area contributed by atoms with E-state index in [0.29, 0.717) is 0 Å². The molecule has 1 heterocycles. The number of benzene rings is 1. The molecule has 88 valence electrons. The minimum atomic E-state index is 0. The lowest BCUT2D eigenvalue weighted by Gasteiger charge is -2.12. The fraction of sp³-hybridized carbons (Fsp3) is 0.333. The number of aliphatic hydroxyl groups is 1. The van der Waals surface area contributed by atoms with E-state index in [9.17, 15) is 0 Å². The van der Waals surface area contributed by atoms with Gasteiger partial charge in [-0.2, -0.15) is 0 Å². The highest BCUT2D eigenvalue weighted by Gasteiger charge is 2.09. The summed E-state index contributed by atoms with van der Waals surface area (Å²) in [6.07, 6.45) is 3.50. The monoisotopic (exact) mass is 240 g/mol. The number of H-pyrrole nitrogens is 1. The van der Waals surface area contributed by atoms with E-state index in [0.717, 1.165) is 23.9 Å². The first-order chi connectivity index (χ1) is 7.33. The van der Waals surface area contributed by atoms with Crippen LogP contribution in [0.15, 0.2) is 30.5 Å². The number of hydrogen-bond acceptors (Lipinski definition) is 2. The zero-order valence-electron chi connectivity index (χ0n) is 9.02. The van der Waals surface area contributed by atoms with Crippen LogP contribution in [0.4, 0.5) is 0 Å². The van der Waals surface area contributed by atoms with Gasteiger partial charge in [-0.15, -0.1) is 12.4 Å². The maximum absolute atomic E-state index is 8.77. The number of aromatic nitrogens is 1. The molecular formula is C12H17ClN2O. The summed E-state index contributed by atoms with van der Waals surface area (Å²) in [7, 11) is 0. The quantitative estimate of drug-likeness (QED) is 0.768. The average Bonchev–Trinajstić information content (AvgIpc) is 2.73. The summed E-state index contributed by atoms with van der Waals surface area (Å²) >= 11 is 0. The first kappa shape index (κ1) is 13.0. The summed E-state index contributed by atoms with van der Waals surface area (Å²) in [5.41, 5.74) is 8.35. The fourth-order valence-electron chi connectivity index (χ4n) is 1.90. The van der Waals surface area contributed by atoms with Gasteiger partial charge in [0.05, 0.1) is 0 Å². The second-order valence-electron chi connectivity index (χ2n) is 3.76. The molecule has 0 spiro atoms. The molecule has 0 amide bonds. The predicted molar refractivity (Wildman–Crippen MR) is 68.8 cm³/mol. The summed E-state index contributed by atoms with van der Waals surface area (Å²) in [6, 6.07) is 8.16. The van der Waals surface area contributed by atoms with Gasteiger partial charge in [0.25, 0.3) is 0 Å². The lowest BCUT2D eigenvalue weighted by atomic mass is 9.99. The van der Waals surface area contributed by atoms with Gasteiger partial charge in [-0.3, -0.25) is 0 Å². The Morgan fingerprint density at radius 1 is 1.31 bits per heavy atom. The number of hydrogen-bond donors (Lipinski definition) is 3. The van der Waals surface area contributed by atoms with Crippen molar-refractivity contribution in [3.63, 3.8) is 0 Å². The average molecular weight is 241 g/mol. The van der Waals surface area contributed by atoms with Crippen LogP contribution in [0.25, 0.3) is 10.9 Å². The molecule has 1 aromatic heterocycles. The number of fused-ring (bicyclic) bond motifs is 1. The minimum absolute atomic E-state index is 0. The van der Waals surface area contributed by atoms with Crippen LogP contribution in [0, 0.1) is 0 Å². The molecule has 3 nitrogen and oxygen atoms in total. The third-order valence-electron chi connectivity index (χ3n) is 2.70. The van der Waals surface area contributed by atoms with Crippen LogP contribution >= 0.6 is 12.4 Å². The van der Waals surface area contributed by atoms with E-state index in [2.05, 4.69) is 11.1 Å². The van der Waals surface area contributed by atoms with Crippen LogP contribution in [0.3, 0.4) is 0 Å². The van der Waals surface area contributed by atoms with Gasteiger partial charge in [-0.05, 0) is 30.5 Å². The standard InChI is InChI=1S/C12H16N2O.ClH/c13-11(4-2-8-15)9-3-1-5-12-10(9)6-7-14-12;/h1,3,5-7,11,14-15H,2,4,8,13H2;1H/t11-;/m0./s1. The Morgan fingerprint density at radius 3 is 2.88 bits per heavy atom. The molecular weight excluding hydrogens is 224 g/mol. The molecule has 2 rings (SSSR count). The SMILES string of the molecule is Cl.N[C@@H](CCCO)c1cccc2[nH]ccc12. The van der Waals surface area contributed by atoms with Crippen LogP contribution < -0.4 is 5.73 Å². The molecule has 0 bridgehead atoms. The minimum Gasteiger partial charge on any atom is -0.396 e. The first-order valence-corrected chi connectivity index (χ1v) is 5.25. The van der Waals surface area contributed by atoms with E-state index in [1.165, 1.54) is 5.39 Å². The zero-order valence-corrected chi connectivity index (χ0v) is 9.83. The number of nitrogens with two attached hydrogens (primary N) is 1. The molecule has 1 atom stereocenters. The van der Waals surface area contributed by atoms with Gasteiger partial charge in [0.15, 0.2) is 0 Å². The van der Waals surface area contributed by atoms with Gasteiger partial charge in [-0.1, -0.05) is 12.1 Å². The van der Waals surface area contributed by atoms with E-state index in [1.807, 2.05) is 24.4 Å². The van der Waals surface area contributed by atoms with Crippen molar-refractivity contribution in [3.05, 3.63) is 36.0 Å². The molecule has 0 radical (unpaired) electrons. The Balaban J connectivity index is 0.00000128. The smallest absolute Gasteiger partial charge is 0.0457 e. The molecule has 0 aliphatic heterocycles. The molecule has 0 unspecified atom stereocenters. The number of aliphatic hydroxyl groups excluding tert-OH is 1. The van der Waals surface area contributed by atoms with Crippen molar-refractivity contribution in [1.82, 2.24) is 4.98 Å². The summed E-state index contributed by atoms with van der Waals surface area (Å²) in [4.78, 5) is 3.17. The molecule has 1 aromatic carbocycles. The van der Waals surface area contributed by atoms with Gasteiger partial charge in [-0.25, -0.2) is 0 Å². The second-order valence-corrected chi connectivity index (χ2v) is 3.76. The number of halogens is 1. The van der Waals surface area contributed by atoms with Gasteiger partial charge in [0.1, 0.15) is 0 Å². The maximum atomic E-state index is 8.77. The first-order valence-electron chi connectivity index (χ1n) is 5.25. The van der Waals surface area contributed by atoms with Crippen LogP contribution in [-0.4, -0.2) is 16.7 Å². The number of aromatic amines is 1. The predicted octanol–water partition coefficient (Wildman–Crippen LogP) is 2.36. The van der Waals surface area contributed by atoms with Gasteiger partial charge >= 0.3 is 0 Å². The third kappa shape index (κ3) is 2.55. The van der Waals surface area contributed by atoms with Crippen molar-refractivity contribution in [3.8, 4) is 0 Å². The van der Waals surface area contributed by atoms with Gasteiger partial charge < -0.3 is 15.8 Å². The molecule has 0 fully saturated rings. The normalized spacial score (nSPS) is 12.4. The molecule has 0 aliphatic rings. The summed E-state index contributed by atoms with van der Waals surface area (Å²) in [5.74, 6) is 0. The van der Waals surface area contributed by atoms with E-state index in [1.54, 1.807) is 0 Å². The van der Waals surface area contributed by atoms with Crippen LogP contribution in [0.1, 0.15) is 24.4 Å². The van der Waals surface area contributed by atoms with Crippen molar-refractivity contribution in [2.24, 2.45) is 5.73 Å². The van der Waals surface area contributed by atoms with E-state index in [-0.39, 0.29) is 25.1 Å². The Labute approximate surface area is 101 Å². The lowest BCUT2D eigenvalue weighted by Crippen LogP contribution is -2.11. The third-order valence-corrected chi connectivity index (χ3v) is 2.70. The maximum Gasteiger partial charge on any atom is 0.0457 e. The highest BCUT2D eigenvalue weighted by atomic mass is 35.5. The largest absolute Gasteiger partial charge is 0.396 e. The van der Waals surface area contributed by atoms with Crippen molar-refractivity contribution in [1.29, 1.82) is 0 Å². The van der Waals surface area contributed by atoms with Crippen molar-refractivity contribution < 1.29 is 5.11 Å². The Morgan fingerprint density at radius 2 is 2.12 bits per heavy atom. The molecule has 2 aromatic rings. The summed E-state index contributed by atoms with van der Waals surface area (Å²) < 4.78 is 0. The molecule has 0 aliphatic carbocycles. The molecule has 4 N–H and O–H groups in total. The fourth-order valence-corrected chi connectivity index (χ4v) is 1.90. The Bertz CT molecular complexity index is 441.